The Labute approximate surface area is 178 Å². The Morgan fingerprint density at radius 3 is 1.79 bits per heavy atom. The highest BCUT2D eigenvalue weighted by Crippen LogP contribution is 2.18. The third-order valence-corrected chi connectivity index (χ3v) is 4.42. The summed E-state index contributed by atoms with van der Waals surface area (Å²) in [5.41, 5.74) is 2.49. The summed E-state index contributed by atoms with van der Waals surface area (Å²) in [6.45, 7) is 4.57. The van der Waals surface area contributed by atoms with Crippen LogP contribution in [0.1, 0.15) is 26.2 Å². The summed E-state index contributed by atoms with van der Waals surface area (Å²) in [5.74, 6) is 1.80. The van der Waals surface area contributed by atoms with Gasteiger partial charge in [-0.05, 0) is 41.8 Å². The molecule has 3 nitrogen and oxygen atoms in total. The quantitative estimate of drug-likeness (QED) is 0.355. The molecule has 0 fully saturated rings. The number of hydrogen-bond acceptors (Lipinski definition) is 2. The van der Waals surface area contributed by atoms with Crippen molar-refractivity contribution in [2.45, 2.75) is 32.7 Å². The van der Waals surface area contributed by atoms with Crippen molar-refractivity contribution in [3.8, 4) is 22.6 Å². The van der Waals surface area contributed by atoms with E-state index in [2.05, 4.69) is 60.3 Å². The lowest BCUT2D eigenvalue weighted by molar-refractivity contribution is -0.697. The van der Waals surface area contributed by atoms with Gasteiger partial charge in [0.25, 0.3) is 0 Å². The van der Waals surface area contributed by atoms with E-state index in [-0.39, 0.29) is 17.0 Å². The third kappa shape index (κ3) is 7.01. The molecule has 0 saturated carbocycles. The SMILES string of the molecule is CCCCOc1ccc(OCCC[n+]2ccc(-c3ccccc3)cc2)cc1.[Br-]. The molecule has 0 aliphatic carbocycles. The van der Waals surface area contributed by atoms with Crippen LogP contribution in [0.5, 0.6) is 11.5 Å². The molecule has 1 heterocycles. The summed E-state index contributed by atoms with van der Waals surface area (Å²) in [6.07, 6.45) is 7.45. The van der Waals surface area contributed by atoms with E-state index in [0.717, 1.165) is 43.9 Å². The van der Waals surface area contributed by atoms with E-state index in [1.54, 1.807) is 0 Å². The van der Waals surface area contributed by atoms with Crippen LogP contribution in [0.15, 0.2) is 79.1 Å². The van der Waals surface area contributed by atoms with Crippen LogP contribution in [0, 0.1) is 0 Å². The maximum Gasteiger partial charge on any atom is 0.169 e. The Morgan fingerprint density at radius 2 is 1.21 bits per heavy atom. The van der Waals surface area contributed by atoms with Gasteiger partial charge in [-0.3, -0.25) is 0 Å². The van der Waals surface area contributed by atoms with E-state index < -0.39 is 0 Å². The number of aryl methyl sites for hydroxylation is 1. The molecule has 0 amide bonds. The highest BCUT2D eigenvalue weighted by Gasteiger charge is 2.03. The number of ether oxygens (including phenoxy) is 2. The van der Waals surface area contributed by atoms with Gasteiger partial charge in [-0.1, -0.05) is 43.7 Å². The van der Waals surface area contributed by atoms with Crippen molar-refractivity contribution in [1.29, 1.82) is 0 Å². The van der Waals surface area contributed by atoms with Gasteiger partial charge in [0.05, 0.1) is 13.2 Å². The van der Waals surface area contributed by atoms with E-state index in [4.69, 9.17) is 9.47 Å². The van der Waals surface area contributed by atoms with Crippen LogP contribution < -0.4 is 31.0 Å². The molecule has 0 N–H and O–H groups in total. The van der Waals surface area contributed by atoms with Gasteiger partial charge in [0, 0.05) is 18.6 Å². The molecule has 0 bridgehead atoms. The van der Waals surface area contributed by atoms with Gasteiger partial charge in [0.1, 0.15) is 11.5 Å². The number of nitrogens with zero attached hydrogens (tertiary/aromatic N) is 1. The number of rotatable bonds is 10. The predicted molar refractivity (Wildman–Crippen MR) is 109 cm³/mol. The highest BCUT2D eigenvalue weighted by atomic mass is 79.9. The van der Waals surface area contributed by atoms with Gasteiger partial charge in [-0.15, -0.1) is 0 Å². The molecule has 2 aromatic carbocycles. The summed E-state index contributed by atoms with van der Waals surface area (Å²) in [5, 5.41) is 0. The Hall–Kier alpha value is -2.33. The summed E-state index contributed by atoms with van der Waals surface area (Å²) in [4.78, 5) is 0. The normalized spacial score (nSPS) is 10.2. The monoisotopic (exact) mass is 441 g/mol. The molecule has 0 atom stereocenters. The van der Waals surface area contributed by atoms with E-state index in [0.29, 0.717) is 6.61 Å². The van der Waals surface area contributed by atoms with Gasteiger partial charge in [-0.2, -0.15) is 0 Å². The Balaban J connectivity index is 0.00000280. The molecule has 0 unspecified atom stereocenters. The second-order valence-corrected chi connectivity index (χ2v) is 6.57. The number of benzene rings is 2. The van der Waals surface area contributed by atoms with Crippen molar-refractivity contribution >= 4 is 0 Å². The first-order chi connectivity index (χ1) is 13.3. The van der Waals surface area contributed by atoms with Gasteiger partial charge < -0.3 is 26.5 Å². The second kappa shape index (κ2) is 12.2. The molecule has 4 heteroatoms. The van der Waals surface area contributed by atoms with Crippen LogP contribution in [-0.4, -0.2) is 13.2 Å². The van der Waals surface area contributed by atoms with Crippen LogP contribution in [0.2, 0.25) is 0 Å². The first-order valence-electron chi connectivity index (χ1n) is 9.75. The molecule has 3 aromatic rings. The molecule has 148 valence electrons. The van der Waals surface area contributed by atoms with Crippen LogP contribution in [0.25, 0.3) is 11.1 Å². The largest absolute Gasteiger partial charge is 1.00 e. The van der Waals surface area contributed by atoms with Gasteiger partial charge in [-0.25, -0.2) is 4.57 Å². The zero-order valence-corrected chi connectivity index (χ0v) is 18.0. The van der Waals surface area contributed by atoms with E-state index >= 15 is 0 Å². The third-order valence-electron chi connectivity index (χ3n) is 4.42. The summed E-state index contributed by atoms with van der Waals surface area (Å²) >= 11 is 0. The fourth-order valence-electron chi connectivity index (χ4n) is 2.83. The summed E-state index contributed by atoms with van der Waals surface area (Å²) in [7, 11) is 0. The summed E-state index contributed by atoms with van der Waals surface area (Å²) < 4.78 is 13.7. The van der Waals surface area contributed by atoms with Crippen LogP contribution in [0.4, 0.5) is 0 Å². The lowest BCUT2D eigenvalue weighted by atomic mass is 10.1. The molecular weight excluding hydrogens is 414 g/mol. The highest BCUT2D eigenvalue weighted by molar-refractivity contribution is 5.61. The molecule has 0 radical (unpaired) electrons. The summed E-state index contributed by atoms with van der Waals surface area (Å²) in [6, 6.07) is 22.7. The van der Waals surface area contributed by atoms with Gasteiger partial charge in [0.2, 0.25) is 0 Å². The minimum atomic E-state index is 0. The van der Waals surface area contributed by atoms with Crippen molar-refractivity contribution in [2.24, 2.45) is 0 Å². The van der Waals surface area contributed by atoms with Crippen LogP contribution in [-0.2, 0) is 6.54 Å². The van der Waals surface area contributed by atoms with Crippen molar-refractivity contribution in [3.05, 3.63) is 79.1 Å². The minimum absolute atomic E-state index is 0. The fourth-order valence-corrected chi connectivity index (χ4v) is 2.83. The maximum absolute atomic E-state index is 5.83. The smallest absolute Gasteiger partial charge is 0.169 e. The van der Waals surface area contributed by atoms with E-state index in [9.17, 15) is 0 Å². The zero-order chi connectivity index (χ0) is 18.7. The number of unbranched alkanes of at least 4 members (excludes halogenated alkanes) is 1. The Bertz CT molecular complexity index is 789. The second-order valence-electron chi connectivity index (χ2n) is 6.57. The van der Waals surface area contributed by atoms with Crippen LogP contribution >= 0.6 is 0 Å². The van der Waals surface area contributed by atoms with E-state index in [1.807, 2.05) is 30.3 Å². The Kier molecular flexibility index (Phi) is 9.56. The first kappa shape index (κ1) is 22.0. The molecule has 28 heavy (non-hydrogen) atoms. The van der Waals surface area contributed by atoms with Gasteiger partial charge in [0.15, 0.2) is 18.9 Å². The van der Waals surface area contributed by atoms with Crippen molar-refractivity contribution < 1.29 is 31.0 Å². The molecule has 0 aliphatic heterocycles. The zero-order valence-electron chi connectivity index (χ0n) is 16.4. The number of aromatic nitrogens is 1. The number of halogens is 1. The average Bonchev–Trinajstić information content (AvgIpc) is 2.73. The Morgan fingerprint density at radius 1 is 0.679 bits per heavy atom. The standard InChI is InChI=1S/C24H28NO2.BrH/c1-2-3-19-26-23-10-12-24(13-11-23)27-20-7-16-25-17-14-22(15-18-25)21-8-5-4-6-9-21;/h4-6,8-15,17-18H,2-3,7,16,19-20H2,1H3;1H/q+1;/p-1. The van der Waals surface area contributed by atoms with Crippen molar-refractivity contribution in [2.75, 3.05) is 13.2 Å². The molecule has 3 rings (SSSR count). The average molecular weight is 442 g/mol. The van der Waals surface area contributed by atoms with Gasteiger partial charge >= 0.3 is 0 Å². The molecule has 0 aliphatic rings. The van der Waals surface area contributed by atoms with E-state index in [1.165, 1.54) is 11.1 Å². The number of hydrogen-bond donors (Lipinski definition) is 0. The topological polar surface area (TPSA) is 22.3 Å². The van der Waals surface area contributed by atoms with Crippen molar-refractivity contribution in [1.82, 2.24) is 0 Å². The first-order valence-corrected chi connectivity index (χ1v) is 9.75. The minimum Gasteiger partial charge on any atom is -1.00 e. The fraction of sp³-hybridized carbons (Fsp3) is 0.292. The van der Waals surface area contributed by atoms with Crippen LogP contribution in [0.3, 0.4) is 0 Å². The molecule has 0 saturated heterocycles. The maximum atomic E-state index is 5.83. The molecule has 1 aromatic heterocycles. The number of pyridine rings is 1. The predicted octanol–water partition coefficient (Wildman–Crippen LogP) is 2.29. The lowest BCUT2D eigenvalue weighted by Gasteiger charge is -2.08. The molecular formula is C24H28BrNO2. The lowest BCUT2D eigenvalue weighted by Crippen LogP contribution is -3.00. The molecule has 0 spiro atoms. The van der Waals surface area contributed by atoms with Crippen molar-refractivity contribution in [3.63, 3.8) is 0 Å².